The predicted molar refractivity (Wildman–Crippen MR) is 143 cm³/mol. The van der Waals surface area contributed by atoms with Gasteiger partial charge in [0.1, 0.15) is 17.3 Å². The number of Topliss-reactive ketones (excluding diaryl/α,β-unsaturated/α-hetero) is 1. The maximum Gasteiger partial charge on any atom is 0.320 e. The van der Waals surface area contributed by atoms with Crippen LogP contribution in [0.15, 0.2) is 60.7 Å². The average Bonchev–Trinajstić information content (AvgIpc) is 3.35. The molecule has 0 atom stereocenters. The van der Waals surface area contributed by atoms with Crippen molar-refractivity contribution < 1.29 is 14.3 Å². The minimum Gasteiger partial charge on any atom is -0.455 e. The number of anilines is 1. The number of carbonyl (C=O) groups excluding carboxylic acids is 2. The van der Waals surface area contributed by atoms with Crippen molar-refractivity contribution in [2.24, 2.45) is 0 Å². The fraction of sp³-hybridized carbons (Fsp3) is 0.286. The van der Waals surface area contributed by atoms with E-state index >= 15 is 0 Å². The summed E-state index contributed by atoms with van der Waals surface area (Å²) in [6.45, 7) is 6.04. The Hall–Kier alpha value is -3.78. The molecule has 0 saturated carbocycles. The van der Waals surface area contributed by atoms with Crippen molar-refractivity contribution >= 4 is 39.1 Å². The van der Waals surface area contributed by atoms with Gasteiger partial charge in [0.2, 0.25) is 0 Å². The first kappa shape index (κ1) is 23.9. The van der Waals surface area contributed by atoms with Gasteiger partial charge in [0.15, 0.2) is 5.78 Å². The Kier molecular flexibility index (Phi) is 6.95. The van der Waals surface area contributed by atoms with E-state index in [1.807, 2.05) is 47.4 Å². The van der Waals surface area contributed by atoms with Crippen molar-refractivity contribution in [3.63, 3.8) is 0 Å². The number of hydrogen-bond acceptors (Lipinski definition) is 7. The third-order valence-corrected chi connectivity index (χ3v) is 7.43. The molecule has 36 heavy (non-hydrogen) atoms. The zero-order valence-corrected chi connectivity index (χ0v) is 21.3. The molecule has 8 heteroatoms. The largest absolute Gasteiger partial charge is 0.455 e. The van der Waals surface area contributed by atoms with Crippen LogP contribution in [0.1, 0.15) is 29.1 Å². The van der Waals surface area contributed by atoms with Crippen LogP contribution in [0.25, 0.3) is 21.3 Å². The lowest BCUT2D eigenvalue weighted by Crippen LogP contribution is -2.49. The Balaban J connectivity index is 1.30. The Morgan fingerprint density at radius 2 is 1.64 bits per heavy atom. The number of aromatic nitrogens is 2. The number of ketones is 1. The molecule has 3 heterocycles. The predicted octanol–water partition coefficient (Wildman–Crippen LogP) is 4.85. The van der Waals surface area contributed by atoms with Gasteiger partial charge >= 0.3 is 6.01 Å². The monoisotopic (exact) mass is 500 g/mol. The lowest BCUT2D eigenvalue weighted by Gasteiger charge is -2.35. The molecule has 2 aromatic heterocycles. The van der Waals surface area contributed by atoms with Gasteiger partial charge in [-0.1, -0.05) is 49.4 Å². The number of fused-ring (bicyclic) bond motifs is 1. The first-order valence-electron chi connectivity index (χ1n) is 12.1. The molecule has 7 nitrogen and oxygen atoms in total. The van der Waals surface area contributed by atoms with E-state index in [0.29, 0.717) is 31.7 Å². The summed E-state index contributed by atoms with van der Waals surface area (Å²) in [7, 11) is 0. The molecule has 1 saturated heterocycles. The summed E-state index contributed by atoms with van der Waals surface area (Å²) >= 11 is 1.62. The minimum absolute atomic E-state index is 0.0383. The van der Waals surface area contributed by atoms with Gasteiger partial charge in [-0.3, -0.25) is 9.59 Å². The second kappa shape index (κ2) is 10.5. The number of ether oxygens (including phenoxy) is 1. The third-order valence-electron chi connectivity index (χ3n) is 6.26. The van der Waals surface area contributed by atoms with E-state index in [2.05, 4.69) is 40.0 Å². The number of amides is 1. The Morgan fingerprint density at radius 1 is 0.944 bits per heavy atom. The molecular weight excluding hydrogens is 472 g/mol. The van der Waals surface area contributed by atoms with Crippen molar-refractivity contribution in [2.75, 3.05) is 37.7 Å². The zero-order chi connectivity index (χ0) is 25.1. The third kappa shape index (κ3) is 5.09. The van der Waals surface area contributed by atoms with E-state index in [0.717, 1.165) is 33.6 Å². The van der Waals surface area contributed by atoms with Gasteiger partial charge in [-0.15, -0.1) is 11.3 Å². The van der Waals surface area contributed by atoms with Gasteiger partial charge in [0, 0.05) is 36.6 Å². The molecule has 0 N–H and O–H groups in total. The first-order valence-corrected chi connectivity index (χ1v) is 13.0. The number of nitrogens with zero attached hydrogens (tertiary/aromatic N) is 4. The van der Waals surface area contributed by atoms with E-state index < -0.39 is 0 Å². The summed E-state index contributed by atoms with van der Waals surface area (Å²) in [6, 6.07) is 20.3. The Morgan fingerprint density at radius 3 is 2.31 bits per heavy atom. The number of aryl methyl sites for hydroxylation is 1. The van der Waals surface area contributed by atoms with Gasteiger partial charge in [0.25, 0.3) is 5.91 Å². The smallest absolute Gasteiger partial charge is 0.320 e. The standard InChI is InChI=1S/C28H28N4O3S/c1-3-23-17-24-25(29-28(30-26(24)36-23)35-18-19(2)33)31-13-15-32(16-14-31)27(34)22-11-9-21(10-12-22)20-7-5-4-6-8-20/h4-12,17H,3,13-16,18H2,1-2H3. The lowest BCUT2D eigenvalue weighted by atomic mass is 10.0. The highest BCUT2D eigenvalue weighted by molar-refractivity contribution is 7.18. The van der Waals surface area contributed by atoms with Crippen LogP contribution in [-0.2, 0) is 11.2 Å². The molecule has 4 aromatic rings. The SMILES string of the molecule is CCc1cc2c(N3CCN(C(=O)c4ccc(-c5ccccc5)cc4)CC3)nc(OCC(C)=O)nc2s1. The zero-order valence-electron chi connectivity index (χ0n) is 20.4. The average molecular weight is 501 g/mol. The van der Waals surface area contributed by atoms with E-state index in [-0.39, 0.29) is 24.3 Å². The number of thiophene rings is 1. The second-order valence-electron chi connectivity index (χ2n) is 8.83. The summed E-state index contributed by atoms with van der Waals surface area (Å²) < 4.78 is 5.55. The molecule has 2 aromatic carbocycles. The van der Waals surface area contributed by atoms with E-state index in [1.54, 1.807) is 11.3 Å². The van der Waals surface area contributed by atoms with Crippen LogP contribution >= 0.6 is 11.3 Å². The quantitative estimate of drug-likeness (QED) is 0.361. The Labute approximate surface area is 214 Å². The van der Waals surface area contributed by atoms with Crippen LogP contribution < -0.4 is 9.64 Å². The lowest BCUT2D eigenvalue weighted by molar-refractivity contribution is -0.119. The maximum atomic E-state index is 13.2. The molecule has 1 aliphatic rings. The van der Waals surface area contributed by atoms with Crippen LogP contribution in [0.4, 0.5) is 5.82 Å². The molecule has 0 aliphatic carbocycles. The number of rotatable bonds is 7. The molecule has 0 spiro atoms. The van der Waals surface area contributed by atoms with Gasteiger partial charge in [-0.2, -0.15) is 9.97 Å². The van der Waals surface area contributed by atoms with Gasteiger partial charge < -0.3 is 14.5 Å². The number of carbonyl (C=O) groups is 2. The summed E-state index contributed by atoms with van der Waals surface area (Å²) in [6.07, 6.45) is 0.912. The van der Waals surface area contributed by atoms with E-state index in [9.17, 15) is 9.59 Å². The number of piperazine rings is 1. The van der Waals surface area contributed by atoms with Crippen LogP contribution in [-0.4, -0.2) is 59.3 Å². The maximum absolute atomic E-state index is 13.2. The topological polar surface area (TPSA) is 75.6 Å². The summed E-state index contributed by atoms with van der Waals surface area (Å²) in [4.78, 5) is 39.9. The molecule has 184 valence electrons. The molecule has 5 rings (SSSR count). The summed E-state index contributed by atoms with van der Waals surface area (Å²) in [5.41, 5.74) is 2.92. The van der Waals surface area contributed by atoms with Crippen LogP contribution in [0.2, 0.25) is 0 Å². The van der Waals surface area contributed by atoms with Crippen molar-refractivity contribution in [3.8, 4) is 17.1 Å². The van der Waals surface area contributed by atoms with Crippen LogP contribution in [0.5, 0.6) is 6.01 Å². The summed E-state index contributed by atoms with van der Waals surface area (Å²) in [5, 5.41) is 0.989. The molecule has 0 bridgehead atoms. The van der Waals surface area contributed by atoms with E-state index in [4.69, 9.17) is 4.74 Å². The molecule has 1 aliphatic heterocycles. The summed E-state index contributed by atoms with van der Waals surface area (Å²) in [5.74, 6) is 0.759. The highest BCUT2D eigenvalue weighted by Gasteiger charge is 2.25. The van der Waals surface area contributed by atoms with E-state index in [1.165, 1.54) is 11.8 Å². The molecular formula is C28H28N4O3S. The molecule has 0 unspecified atom stereocenters. The van der Waals surface area contributed by atoms with Crippen LogP contribution in [0, 0.1) is 0 Å². The van der Waals surface area contributed by atoms with Crippen molar-refractivity contribution in [1.82, 2.24) is 14.9 Å². The first-order chi connectivity index (χ1) is 17.5. The van der Waals surface area contributed by atoms with Crippen LogP contribution in [0.3, 0.4) is 0 Å². The molecule has 1 amide bonds. The molecule has 0 radical (unpaired) electrons. The highest BCUT2D eigenvalue weighted by Crippen LogP contribution is 2.33. The second-order valence-corrected chi connectivity index (χ2v) is 9.94. The highest BCUT2D eigenvalue weighted by atomic mass is 32.1. The van der Waals surface area contributed by atoms with Gasteiger partial charge in [-0.05, 0) is 42.7 Å². The van der Waals surface area contributed by atoms with Crippen molar-refractivity contribution in [1.29, 1.82) is 0 Å². The Bertz CT molecular complexity index is 1380. The van der Waals surface area contributed by atoms with Crippen molar-refractivity contribution in [2.45, 2.75) is 20.3 Å². The van der Waals surface area contributed by atoms with Gasteiger partial charge in [-0.25, -0.2) is 0 Å². The number of benzene rings is 2. The van der Waals surface area contributed by atoms with Gasteiger partial charge in [0.05, 0.1) is 5.39 Å². The minimum atomic E-state index is -0.0791. The molecule has 1 fully saturated rings. The van der Waals surface area contributed by atoms with Crippen molar-refractivity contribution in [3.05, 3.63) is 71.1 Å². The fourth-order valence-corrected chi connectivity index (χ4v) is 5.28. The normalized spacial score (nSPS) is 13.7. The fourth-order valence-electron chi connectivity index (χ4n) is 4.32. The number of hydrogen-bond donors (Lipinski definition) is 0.